The molecule has 0 aromatic heterocycles. The molecule has 0 fully saturated rings. The summed E-state index contributed by atoms with van der Waals surface area (Å²) in [6.07, 6.45) is 0.804. The molecular formula is C21H20N2O2. The minimum atomic E-state index is -0.273. The van der Waals surface area contributed by atoms with Crippen LogP contribution in [0.2, 0.25) is 0 Å². The Morgan fingerprint density at radius 3 is 2.16 bits per heavy atom. The molecule has 0 unspecified atom stereocenters. The molecule has 0 bridgehead atoms. The summed E-state index contributed by atoms with van der Waals surface area (Å²) in [6.45, 7) is 2.06. The van der Waals surface area contributed by atoms with Gasteiger partial charge >= 0.3 is 6.03 Å². The Hall–Kier alpha value is -3.27. The lowest BCUT2D eigenvalue weighted by Gasteiger charge is -2.13. The number of carbonyl (C=O) groups excluding carboxylic acids is 1. The normalized spacial score (nSPS) is 10.1. The lowest BCUT2D eigenvalue weighted by atomic mass is 10.1. The van der Waals surface area contributed by atoms with Crippen molar-refractivity contribution in [3.8, 4) is 11.5 Å². The smallest absolute Gasteiger partial charge is 0.323 e. The van der Waals surface area contributed by atoms with Crippen molar-refractivity contribution in [3.05, 3.63) is 84.4 Å². The van der Waals surface area contributed by atoms with Gasteiger partial charge in [0.1, 0.15) is 11.5 Å². The number of hydrogen-bond donors (Lipinski definition) is 2. The maximum Gasteiger partial charge on any atom is 0.323 e. The highest BCUT2D eigenvalue weighted by Gasteiger charge is 2.08. The second kappa shape index (κ2) is 8.02. The summed E-state index contributed by atoms with van der Waals surface area (Å²) < 4.78 is 5.93. The number of carbonyl (C=O) groups is 1. The number of para-hydroxylation sites is 2. The number of aryl methyl sites for hydroxylation is 1. The lowest BCUT2D eigenvalue weighted by Crippen LogP contribution is -2.19. The first-order valence-corrected chi connectivity index (χ1v) is 8.23. The molecule has 3 aromatic rings. The third-order valence-corrected chi connectivity index (χ3v) is 3.70. The SMILES string of the molecule is CCc1cc(NC(=O)Nc2ccccc2)ccc1Oc1ccccc1. The van der Waals surface area contributed by atoms with Crippen molar-refractivity contribution in [2.45, 2.75) is 13.3 Å². The number of benzene rings is 3. The van der Waals surface area contributed by atoms with Crippen LogP contribution in [0, 0.1) is 0 Å². The standard InChI is InChI=1S/C21H20N2O2/c1-2-16-15-18(23-21(24)22-17-9-5-3-6-10-17)13-14-20(16)25-19-11-7-4-8-12-19/h3-15H,2H2,1H3,(H2,22,23,24). The van der Waals surface area contributed by atoms with Gasteiger partial charge < -0.3 is 15.4 Å². The molecule has 4 nitrogen and oxygen atoms in total. The molecule has 0 saturated carbocycles. The molecule has 0 aliphatic carbocycles. The molecule has 0 atom stereocenters. The highest BCUT2D eigenvalue weighted by atomic mass is 16.5. The number of amides is 2. The largest absolute Gasteiger partial charge is 0.457 e. The van der Waals surface area contributed by atoms with Crippen LogP contribution in [0.25, 0.3) is 0 Å². The molecule has 0 aliphatic heterocycles. The van der Waals surface area contributed by atoms with Crippen LogP contribution in [-0.4, -0.2) is 6.03 Å². The van der Waals surface area contributed by atoms with Crippen molar-refractivity contribution in [2.75, 3.05) is 10.6 Å². The van der Waals surface area contributed by atoms with Gasteiger partial charge in [-0.3, -0.25) is 0 Å². The monoisotopic (exact) mass is 332 g/mol. The van der Waals surface area contributed by atoms with E-state index in [4.69, 9.17) is 4.74 Å². The lowest BCUT2D eigenvalue weighted by molar-refractivity contribution is 0.262. The predicted octanol–water partition coefficient (Wildman–Crippen LogP) is 5.69. The van der Waals surface area contributed by atoms with E-state index in [0.717, 1.165) is 34.9 Å². The number of rotatable bonds is 5. The van der Waals surface area contributed by atoms with Gasteiger partial charge in [-0.05, 0) is 54.4 Å². The van der Waals surface area contributed by atoms with Crippen molar-refractivity contribution >= 4 is 17.4 Å². The number of anilines is 2. The van der Waals surface area contributed by atoms with Crippen molar-refractivity contribution in [2.24, 2.45) is 0 Å². The second-order valence-corrected chi connectivity index (χ2v) is 5.54. The van der Waals surface area contributed by atoms with Crippen molar-refractivity contribution < 1.29 is 9.53 Å². The van der Waals surface area contributed by atoms with E-state index in [1.165, 1.54) is 0 Å². The Kier molecular flexibility index (Phi) is 5.32. The third kappa shape index (κ3) is 4.61. The van der Waals surface area contributed by atoms with Crippen LogP contribution in [0.1, 0.15) is 12.5 Å². The van der Waals surface area contributed by atoms with Gasteiger partial charge in [0.05, 0.1) is 0 Å². The summed E-state index contributed by atoms with van der Waals surface area (Å²) in [5.41, 5.74) is 2.51. The van der Waals surface area contributed by atoms with E-state index < -0.39 is 0 Å². The first-order chi connectivity index (χ1) is 12.2. The van der Waals surface area contributed by atoms with Crippen molar-refractivity contribution in [3.63, 3.8) is 0 Å². The molecule has 0 radical (unpaired) electrons. The van der Waals surface area contributed by atoms with Crippen LogP contribution in [-0.2, 0) is 6.42 Å². The first kappa shape index (κ1) is 16.6. The van der Waals surface area contributed by atoms with E-state index in [2.05, 4.69) is 17.6 Å². The Labute approximate surface area is 147 Å². The van der Waals surface area contributed by atoms with Crippen LogP contribution >= 0.6 is 0 Å². The molecular weight excluding hydrogens is 312 g/mol. The Bertz CT molecular complexity index is 833. The van der Waals surface area contributed by atoms with Crippen molar-refractivity contribution in [1.82, 2.24) is 0 Å². The summed E-state index contributed by atoms with van der Waals surface area (Å²) in [4.78, 5) is 12.1. The van der Waals surface area contributed by atoms with Gasteiger partial charge in [-0.1, -0.05) is 43.3 Å². The highest BCUT2D eigenvalue weighted by Crippen LogP contribution is 2.28. The molecule has 0 saturated heterocycles. The fourth-order valence-electron chi connectivity index (χ4n) is 2.46. The molecule has 4 heteroatoms. The first-order valence-electron chi connectivity index (χ1n) is 8.23. The Morgan fingerprint density at radius 1 is 0.840 bits per heavy atom. The summed E-state index contributed by atoms with van der Waals surface area (Å²) in [6, 6.07) is 24.4. The van der Waals surface area contributed by atoms with Gasteiger partial charge in [-0.25, -0.2) is 4.79 Å². The summed E-state index contributed by atoms with van der Waals surface area (Å²) in [5, 5.41) is 5.65. The van der Waals surface area contributed by atoms with E-state index in [0.29, 0.717) is 0 Å². The van der Waals surface area contributed by atoms with E-state index in [9.17, 15) is 4.79 Å². The van der Waals surface area contributed by atoms with E-state index >= 15 is 0 Å². The van der Waals surface area contributed by atoms with Gasteiger partial charge in [-0.2, -0.15) is 0 Å². The fraction of sp³-hybridized carbons (Fsp3) is 0.0952. The maximum atomic E-state index is 12.1. The van der Waals surface area contributed by atoms with Gasteiger partial charge in [-0.15, -0.1) is 0 Å². The van der Waals surface area contributed by atoms with Crippen LogP contribution in [0.3, 0.4) is 0 Å². The predicted molar refractivity (Wildman–Crippen MR) is 101 cm³/mol. The quantitative estimate of drug-likeness (QED) is 0.631. The molecule has 25 heavy (non-hydrogen) atoms. The molecule has 0 heterocycles. The molecule has 0 spiro atoms. The summed E-state index contributed by atoms with van der Waals surface area (Å²) in [7, 11) is 0. The molecule has 126 valence electrons. The van der Waals surface area contributed by atoms with E-state index in [-0.39, 0.29) is 6.03 Å². The second-order valence-electron chi connectivity index (χ2n) is 5.54. The Balaban J connectivity index is 1.69. The third-order valence-electron chi connectivity index (χ3n) is 3.70. The van der Waals surface area contributed by atoms with Crippen LogP contribution in [0.5, 0.6) is 11.5 Å². The topological polar surface area (TPSA) is 50.4 Å². The average molecular weight is 332 g/mol. The highest BCUT2D eigenvalue weighted by molar-refractivity contribution is 5.99. The zero-order valence-electron chi connectivity index (χ0n) is 14.0. The van der Waals surface area contributed by atoms with E-state index in [1.807, 2.05) is 78.9 Å². The van der Waals surface area contributed by atoms with Gasteiger partial charge in [0.25, 0.3) is 0 Å². The van der Waals surface area contributed by atoms with E-state index in [1.54, 1.807) is 0 Å². The zero-order chi connectivity index (χ0) is 17.5. The maximum absolute atomic E-state index is 12.1. The minimum absolute atomic E-state index is 0.273. The molecule has 3 aromatic carbocycles. The van der Waals surface area contributed by atoms with Crippen LogP contribution in [0.15, 0.2) is 78.9 Å². The van der Waals surface area contributed by atoms with Crippen LogP contribution in [0.4, 0.5) is 16.2 Å². The molecule has 3 rings (SSSR count). The van der Waals surface area contributed by atoms with Crippen molar-refractivity contribution in [1.29, 1.82) is 0 Å². The van der Waals surface area contributed by atoms with Gasteiger partial charge in [0.2, 0.25) is 0 Å². The van der Waals surface area contributed by atoms with Crippen LogP contribution < -0.4 is 15.4 Å². The summed E-state index contributed by atoms with van der Waals surface area (Å²) in [5.74, 6) is 1.59. The summed E-state index contributed by atoms with van der Waals surface area (Å²) >= 11 is 0. The molecule has 2 amide bonds. The molecule has 2 N–H and O–H groups in total. The number of hydrogen-bond acceptors (Lipinski definition) is 2. The van der Waals surface area contributed by atoms with Gasteiger partial charge in [0.15, 0.2) is 0 Å². The minimum Gasteiger partial charge on any atom is -0.457 e. The number of ether oxygens (including phenoxy) is 1. The number of nitrogens with one attached hydrogen (secondary N) is 2. The molecule has 0 aliphatic rings. The van der Waals surface area contributed by atoms with Gasteiger partial charge in [0, 0.05) is 11.4 Å². The Morgan fingerprint density at radius 2 is 1.48 bits per heavy atom. The number of urea groups is 1. The average Bonchev–Trinajstić information content (AvgIpc) is 2.64. The fourth-order valence-corrected chi connectivity index (χ4v) is 2.46. The zero-order valence-corrected chi connectivity index (χ0v) is 14.0.